The van der Waals surface area contributed by atoms with E-state index in [1.807, 2.05) is 0 Å². The van der Waals surface area contributed by atoms with Gasteiger partial charge in [-0.3, -0.25) is 9.59 Å². The molecule has 1 amide bonds. The summed E-state index contributed by atoms with van der Waals surface area (Å²) in [5.74, 6) is 0.588. The average Bonchev–Trinajstić information content (AvgIpc) is 2.81. The van der Waals surface area contributed by atoms with E-state index < -0.39 is 5.97 Å². The zero-order valence-electron chi connectivity index (χ0n) is 9.26. The average molecular weight is 254 g/mol. The number of carbonyl (C=O) groups is 2. The van der Waals surface area contributed by atoms with E-state index in [1.54, 1.807) is 35.0 Å². The fraction of sp³-hybridized carbons (Fsp3) is 0.455. The van der Waals surface area contributed by atoms with Gasteiger partial charge in [-0.05, 0) is 12.1 Å². The molecule has 0 radical (unpaired) electrons. The summed E-state index contributed by atoms with van der Waals surface area (Å²) >= 11 is 1.70. The van der Waals surface area contributed by atoms with Crippen LogP contribution in [0.2, 0.25) is 0 Å². The van der Waals surface area contributed by atoms with Crippen LogP contribution in [0, 0.1) is 0 Å². The molecule has 1 aromatic heterocycles. The maximum Gasteiger partial charge on any atom is 0.305 e. The van der Waals surface area contributed by atoms with Crippen molar-refractivity contribution in [2.24, 2.45) is 0 Å². The molecule has 2 N–H and O–H groups in total. The molecule has 1 unspecified atom stereocenters. The summed E-state index contributed by atoms with van der Waals surface area (Å²) in [4.78, 5) is 27.4. The third-order valence-corrected chi connectivity index (χ3v) is 3.82. The Balaban J connectivity index is 2.10. The first-order valence-electron chi connectivity index (χ1n) is 5.42. The van der Waals surface area contributed by atoms with Crippen molar-refractivity contribution >= 4 is 23.6 Å². The molecule has 1 aliphatic rings. The van der Waals surface area contributed by atoms with Gasteiger partial charge in [0.1, 0.15) is 5.69 Å². The van der Waals surface area contributed by atoms with Gasteiger partial charge in [-0.25, -0.2) is 0 Å². The number of aromatic amines is 1. The number of thioether (sulfide) groups is 1. The molecule has 1 atom stereocenters. The molecule has 0 spiro atoms. The summed E-state index contributed by atoms with van der Waals surface area (Å²) in [6.07, 6.45) is 1.71. The Morgan fingerprint density at radius 1 is 1.59 bits per heavy atom. The Morgan fingerprint density at radius 2 is 2.41 bits per heavy atom. The second-order valence-corrected chi connectivity index (χ2v) is 5.06. The van der Waals surface area contributed by atoms with Crippen LogP contribution in [0.1, 0.15) is 16.9 Å². The molecule has 2 heterocycles. The third kappa shape index (κ3) is 2.82. The zero-order chi connectivity index (χ0) is 12.3. The molecule has 2 rings (SSSR count). The number of carboxylic acid groups (broad SMARTS) is 1. The van der Waals surface area contributed by atoms with Gasteiger partial charge in [0.15, 0.2) is 0 Å². The Kier molecular flexibility index (Phi) is 3.73. The molecule has 1 aliphatic heterocycles. The first-order chi connectivity index (χ1) is 8.18. The minimum atomic E-state index is -0.859. The van der Waals surface area contributed by atoms with E-state index in [2.05, 4.69) is 4.98 Å². The van der Waals surface area contributed by atoms with Crippen LogP contribution in [0.25, 0.3) is 0 Å². The summed E-state index contributed by atoms with van der Waals surface area (Å²) in [5, 5.41) is 8.84. The number of hydrogen-bond acceptors (Lipinski definition) is 3. The summed E-state index contributed by atoms with van der Waals surface area (Å²) in [6.45, 7) is 0.612. The van der Waals surface area contributed by atoms with Crippen molar-refractivity contribution in [1.82, 2.24) is 9.88 Å². The number of carboxylic acids is 1. The van der Waals surface area contributed by atoms with Crippen LogP contribution in [-0.4, -0.2) is 51.0 Å². The minimum Gasteiger partial charge on any atom is -0.481 e. The molecule has 0 aromatic carbocycles. The van der Waals surface area contributed by atoms with Crippen molar-refractivity contribution in [3.63, 3.8) is 0 Å². The maximum absolute atomic E-state index is 12.1. The first kappa shape index (κ1) is 12.0. The molecule has 6 heteroatoms. The second kappa shape index (κ2) is 5.27. The van der Waals surface area contributed by atoms with Crippen molar-refractivity contribution in [1.29, 1.82) is 0 Å². The molecule has 0 saturated carbocycles. The van der Waals surface area contributed by atoms with Crippen LogP contribution in [-0.2, 0) is 4.79 Å². The molecule has 17 heavy (non-hydrogen) atoms. The highest BCUT2D eigenvalue weighted by Gasteiger charge is 2.29. The standard InChI is InChI=1S/C11H14N2O3S/c14-10(15)6-8-7-17-5-4-13(8)11(16)9-2-1-3-12-9/h1-3,8,12H,4-7H2,(H,14,15). The van der Waals surface area contributed by atoms with Crippen LogP contribution in [0.5, 0.6) is 0 Å². The van der Waals surface area contributed by atoms with Gasteiger partial charge in [-0.2, -0.15) is 11.8 Å². The van der Waals surface area contributed by atoms with Crippen LogP contribution < -0.4 is 0 Å². The van der Waals surface area contributed by atoms with Crippen LogP contribution in [0.3, 0.4) is 0 Å². The van der Waals surface area contributed by atoms with E-state index in [4.69, 9.17) is 5.11 Å². The molecule has 1 fully saturated rings. The SMILES string of the molecule is O=C(O)CC1CSCCN1C(=O)c1ccc[nH]1. The van der Waals surface area contributed by atoms with Crippen molar-refractivity contribution < 1.29 is 14.7 Å². The van der Waals surface area contributed by atoms with E-state index in [0.29, 0.717) is 18.0 Å². The summed E-state index contributed by atoms with van der Waals surface area (Å²) in [5.41, 5.74) is 0.521. The number of hydrogen-bond donors (Lipinski definition) is 2. The lowest BCUT2D eigenvalue weighted by Crippen LogP contribution is -2.47. The van der Waals surface area contributed by atoms with Crippen molar-refractivity contribution in [3.05, 3.63) is 24.0 Å². The predicted molar refractivity (Wildman–Crippen MR) is 65.2 cm³/mol. The van der Waals surface area contributed by atoms with Gasteiger partial charge in [-0.1, -0.05) is 0 Å². The van der Waals surface area contributed by atoms with Gasteiger partial charge in [0, 0.05) is 24.2 Å². The van der Waals surface area contributed by atoms with E-state index >= 15 is 0 Å². The Labute approximate surface area is 103 Å². The van der Waals surface area contributed by atoms with Gasteiger partial charge in [0.2, 0.25) is 0 Å². The molecule has 1 aromatic rings. The molecule has 0 aliphatic carbocycles. The van der Waals surface area contributed by atoms with E-state index in [-0.39, 0.29) is 18.4 Å². The van der Waals surface area contributed by atoms with Crippen molar-refractivity contribution in [2.75, 3.05) is 18.1 Å². The number of aliphatic carboxylic acids is 1. The van der Waals surface area contributed by atoms with E-state index in [1.165, 1.54) is 0 Å². The maximum atomic E-state index is 12.1. The van der Waals surface area contributed by atoms with Gasteiger partial charge in [0.25, 0.3) is 5.91 Å². The highest BCUT2D eigenvalue weighted by atomic mass is 32.2. The summed E-state index contributed by atoms with van der Waals surface area (Å²) in [7, 11) is 0. The Bertz CT molecular complexity index is 405. The topological polar surface area (TPSA) is 73.4 Å². The van der Waals surface area contributed by atoms with Crippen molar-refractivity contribution in [2.45, 2.75) is 12.5 Å². The Morgan fingerprint density at radius 3 is 3.06 bits per heavy atom. The number of aromatic nitrogens is 1. The van der Waals surface area contributed by atoms with Gasteiger partial charge in [-0.15, -0.1) is 0 Å². The number of nitrogens with one attached hydrogen (secondary N) is 1. The van der Waals surface area contributed by atoms with Crippen LogP contribution >= 0.6 is 11.8 Å². The largest absolute Gasteiger partial charge is 0.481 e. The predicted octanol–water partition coefficient (Wildman–Crippen LogP) is 1.05. The lowest BCUT2D eigenvalue weighted by molar-refractivity contribution is -0.138. The van der Waals surface area contributed by atoms with E-state index in [0.717, 1.165) is 5.75 Å². The molecular weight excluding hydrogens is 240 g/mol. The zero-order valence-corrected chi connectivity index (χ0v) is 10.1. The minimum absolute atomic E-state index is 0.0133. The quantitative estimate of drug-likeness (QED) is 0.845. The fourth-order valence-corrected chi connectivity index (χ4v) is 2.97. The lowest BCUT2D eigenvalue weighted by atomic mass is 10.2. The smallest absolute Gasteiger partial charge is 0.305 e. The van der Waals surface area contributed by atoms with E-state index in [9.17, 15) is 9.59 Å². The number of amides is 1. The normalized spacial score (nSPS) is 20.2. The molecule has 92 valence electrons. The molecule has 1 saturated heterocycles. The summed E-state index contributed by atoms with van der Waals surface area (Å²) in [6, 6.07) is 3.27. The fourth-order valence-electron chi connectivity index (χ4n) is 1.91. The number of carbonyl (C=O) groups excluding carboxylic acids is 1. The number of H-pyrrole nitrogens is 1. The van der Waals surface area contributed by atoms with Gasteiger partial charge in [0.05, 0.1) is 12.5 Å². The number of rotatable bonds is 3. The second-order valence-electron chi connectivity index (χ2n) is 3.91. The first-order valence-corrected chi connectivity index (χ1v) is 6.58. The monoisotopic (exact) mass is 254 g/mol. The van der Waals surface area contributed by atoms with Crippen LogP contribution in [0.15, 0.2) is 18.3 Å². The lowest BCUT2D eigenvalue weighted by Gasteiger charge is -2.34. The summed E-state index contributed by atoms with van der Waals surface area (Å²) < 4.78 is 0. The van der Waals surface area contributed by atoms with Crippen molar-refractivity contribution in [3.8, 4) is 0 Å². The van der Waals surface area contributed by atoms with Gasteiger partial charge < -0.3 is 15.0 Å². The Hall–Kier alpha value is -1.43. The third-order valence-electron chi connectivity index (χ3n) is 2.73. The highest BCUT2D eigenvalue weighted by Crippen LogP contribution is 2.20. The molecule has 5 nitrogen and oxygen atoms in total. The number of nitrogens with zero attached hydrogens (tertiary/aromatic N) is 1. The highest BCUT2D eigenvalue weighted by molar-refractivity contribution is 7.99. The van der Waals surface area contributed by atoms with Gasteiger partial charge >= 0.3 is 5.97 Å². The van der Waals surface area contributed by atoms with Crippen LogP contribution in [0.4, 0.5) is 0 Å². The molecule has 0 bridgehead atoms. The molecular formula is C11H14N2O3S.